The molecule has 0 saturated carbocycles. The average molecular weight is 333 g/mol. The van der Waals surface area contributed by atoms with Gasteiger partial charge in [0.1, 0.15) is 4.90 Å². The van der Waals surface area contributed by atoms with Crippen molar-refractivity contribution in [2.45, 2.75) is 50.4 Å². The Morgan fingerprint density at radius 1 is 1.38 bits per heavy atom. The minimum absolute atomic E-state index is 0.0336. The zero-order chi connectivity index (χ0) is 15.8. The maximum absolute atomic E-state index is 13.0. The van der Waals surface area contributed by atoms with Crippen LogP contribution in [0.3, 0.4) is 0 Å². The summed E-state index contributed by atoms with van der Waals surface area (Å²) in [5.41, 5.74) is 1.10. The Morgan fingerprint density at radius 3 is 2.67 bits per heavy atom. The van der Waals surface area contributed by atoms with Crippen LogP contribution in [-0.2, 0) is 16.6 Å². The Kier molecular flexibility index (Phi) is 5.02. The third-order valence-electron chi connectivity index (χ3n) is 4.02. The fourth-order valence-electron chi connectivity index (χ4n) is 2.73. The predicted octanol–water partition coefficient (Wildman–Crippen LogP) is 1.01. The number of rotatable bonds is 4. The van der Waals surface area contributed by atoms with E-state index in [0.717, 1.165) is 5.75 Å². The monoisotopic (exact) mass is 333 g/mol. The topological polar surface area (TPSA) is 75.4 Å². The molecule has 1 fully saturated rings. The first-order valence-corrected chi connectivity index (χ1v) is 9.58. The first kappa shape index (κ1) is 16.8. The Bertz CT molecular complexity index is 612. The van der Waals surface area contributed by atoms with E-state index in [4.69, 9.17) is 5.11 Å². The van der Waals surface area contributed by atoms with Crippen molar-refractivity contribution in [2.24, 2.45) is 0 Å². The lowest BCUT2D eigenvalue weighted by molar-refractivity contribution is 0.267. The van der Waals surface area contributed by atoms with Gasteiger partial charge in [-0.05, 0) is 20.8 Å². The second kappa shape index (κ2) is 6.28. The van der Waals surface area contributed by atoms with Gasteiger partial charge in [0.25, 0.3) is 0 Å². The minimum Gasteiger partial charge on any atom is -0.394 e. The number of hydrogen-bond acceptors (Lipinski definition) is 5. The molecular formula is C13H23N3O3S2. The highest BCUT2D eigenvalue weighted by Gasteiger charge is 2.37. The van der Waals surface area contributed by atoms with Crippen molar-refractivity contribution in [2.75, 3.05) is 18.9 Å². The molecule has 6 nitrogen and oxygen atoms in total. The van der Waals surface area contributed by atoms with Crippen molar-refractivity contribution in [1.82, 2.24) is 14.1 Å². The second-order valence-corrected chi connectivity index (χ2v) is 8.69. The SMILES string of the molecule is Cc1nn(CCO)c(C)c1S(=O)(=O)N1CCSC(C)C1C. The van der Waals surface area contributed by atoms with E-state index in [9.17, 15) is 8.42 Å². The third kappa shape index (κ3) is 2.99. The fourth-order valence-corrected chi connectivity index (χ4v) is 6.10. The van der Waals surface area contributed by atoms with Gasteiger partial charge in [0.05, 0.1) is 24.5 Å². The van der Waals surface area contributed by atoms with Crippen molar-refractivity contribution < 1.29 is 13.5 Å². The standard InChI is InChI=1S/C13H23N3O3S2/c1-9-13(11(3)15(14-9)5-7-17)21(18,19)16-6-8-20-12(4)10(16)2/h10,12,17H,5-8H2,1-4H3. The van der Waals surface area contributed by atoms with Gasteiger partial charge in [0.15, 0.2) is 0 Å². The van der Waals surface area contributed by atoms with Crippen LogP contribution in [0.25, 0.3) is 0 Å². The zero-order valence-electron chi connectivity index (χ0n) is 12.9. The number of aliphatic hydroxyl groups is 1. The highest BCUT2D eigenvalue weighted by Crippen LogP contribution is 2.31. The van der Waals surface area contributed by atoms with E-state index >= 15 is 0 Å². The smallest absolute Gasteiger partial charge is 0.247 e. The van der Waals surface area contributed by atoms with E-state index in [1.165, 1.54) is 0 Å². The number of aromatic nitrogens is 2. The molecule has 2 rings (SSSR count). The molecule has 1 aromatic heterocycles. The molecule has 0 aromatic carbocycles. The summed E-state index contributed by atoms with van der Waals surface area (Å²) < 4.78 is 29.2. The fraction of sp³-hybridized carbons (Fsp3) is 0.769. The molecule has 1 saturated heterocycles. The van der Waals surface area contributed by atoms with Crippen molar-refractivity contribution >= 4 is 21.8 Å². The Morgan fingerprint density at radius 2 is 2.05 bits per heavy atom. The van der Waals surface area contributed by atoms with Gasteiger partial charge in [-0.25, -0.2) is 8.42 Å². The molecule has 0 spiro atoms. The molecule has 1 aliphatic rings. The van der Waals surface area contributed by atoms with Crippen LogP contribution >= 0.6 is 11.8 Å². The van der Waals surface area contributed by atoms with Gasteiger partial charge in [0.2, 0.25) is 10.0 Å². The summed E-state index contributed by atoms with van der Waals surface area (Å²) in [7, 11) is -3.55. The van der Waals surface area contributed by atoms with Crippen molar-refractivity contribution in [3.05, 3.63) is 11.4 Å². The van der Waals surface area contributed by atoms with Crippen molar-refractivity contribution in [3.63, 3.8) is 0 Å². The molecule has 0 bridgehead atoms. The molecule has 1 aromatic rings. The minimum atomic E-state index is -3.55. The Hall–Kier alpha value is -0.570. The summed E-state index contributed by atoms with van der Waals surface area (Å²) >= 11 is 1.80. The van der Waals surface area contributed by atoms with Gasteiger partial charge in [-0.15, -0.1) is 0 Å². The molecule has 1 N–H and O–H groups in total. The molecular weight excluding hydrogens is 310 g/mol. The maximum atomic E-state index is 13.0. The van der Waals surface area contributed by atoms with Crippen LogP contribution < -0.4 is 0 Å². The lowest BCUT2D eigenvalue weighted by Gasteiger charge is -2.36. The van der Waals surface area contributed by atoms with Crippen LogP contribution in [0, 0.1) is 13.8 Å². The van der Waals surface area contributed by atoms with E-state index in [1.807, 2.05) is 6.92 Å². The average Bonchev–Trinajstić information content (AvgIpc) is 2.68. The van der Waals surface area contributed by atoms with E-state index in [1.54, 1.807) is 34.6 Å². The molecule has 0 aliphatic carbocycles. The molecule has 0 radical (unpaired) electrons. The van der Waals surface area contributed by atoms with Crippen LogP contribution in [0.5, 0.6) is 0 Å². The first-order chi connectivity index (χ1) is 9.80. The van der Waals surface area contributed by atoms with Crippen molar-refractivity contribution in [3.8, 4) is 0 Å². The van der Waals surface area contributed by atoms with Crippen LogP contribution in [-0.4, -0.2) is 57.8 Å². The predicted molar refractivity (Wildman–Crippen MR) is 84.1 cm³/mol. The van der Waals surface area contributed by atoms with Crippen LogP contribution in [0.1, 0.15) is 25.2 Å². The lowest BCUT2D eigenvalue weighted by atomic mass is 10.2. The van der Waals surface area contributed by atoms with Gasteiger partial charge in [0, 0.05) is 23.6 Å². The molecule has 2 unspecified atom stereocenters. The molecule has 21 heavy (non-hydrogen) atoms. The molecule has 2 atom stereocenters. The number of thioether (sulfide) groups is 1. The molecule has 1 aliphatic heterocycles. The number of sulfonamides is 1. The van der Waals surface area contributed by atoms with E-state index in [-0.39, 0.29) is 17.9 Å². The molecule has 0 amide bonds. The normalized spacial score (nSPS) is 24.4. The summed E-state index contributed by atoms with van der Waals surface area (Å²) in [5.74, 6) is 0.813. The van der Waals surface area contributed by atoms with Gasteiger partial charge < -0.3 is 5.11 Å². The summed E-state index contributed by atoms with van der Waals surface area (Å²) in [5, 5.41) is 13.6. The second-order valence-electron chi connectivity index (χ2n) is 5.38. The number of nitrogens with zero attached hydrogens (tertiary/aromatic N) is 3. The Balaban J connectivity index is 2.44. The van der Waals surface area contributed by atoms with Gasteiger partial charge in [-0.2, -0.15) is 21.2 Å². The van der Waals surface area contributed by atoms with E-state index in [2.05, 4.69) is 12.0 Å². The first-order valence-electron chi connectivity index (χ1n) is 7.09. The van der Waals surface area contributed by atoms with Gasteiger partial charge in [-0.3, -0.25) is 4.68 Å². The van der Waals surface area contributed by atoms with Crippen LogP contribution in [0.4, 0.5) is 0 Å². The summed E-state index contributed by atoms with van der Waals surface area (Å²) in [6, 6.07) is -0.0336. The van der Waals surface area contributed by atoms with Gasteiger partial charge >= 0.3 is 0 Å². The number of hydrogen-bond donors (Lipinski definition) is 1. The van der Waals surface area contributed by atoms with Crippen LogP contribution in [0.2, 0.25) is 0 Å². The largest absolute Gasteiger partial charge is 0.394 e. The van der Waals surface area contributed by atoms with Crippen molar-refractivity contribution in [1.29, 1.82) is 0 Å². The summed E-state index contributed by atoms with van der Waals surface area (Å²) in [6.45, 7) is 8.25. The molecule has 2 heterocycles. The summed E-state index contributed by atoms with van der Waals surface area (Å²) in [6.07, 6.45) is 0. The molecule has 8 heteroatoms. The lowest BCUT2D eigenvalue weighted by Crippen LogP contribution is -2.48. The highest BCUT2D eigenvalue weighted by molar-refractivity contribution is 8.00. The third-order valence-corrected chi connectivity index (χ3v) is 7.60. The molecule has 120 valence electrons. The number of aliphatic hydroxyl groups excluding tert-OH is 1. The summed E-state index contributed by atoms with van der Waals surface area (Å²) in [4.78, 5) is 0.293. The quantitative estimate of drug-likeness (QED) is 0.890. The highest BCUT2D eigenvalue weighted by atomic mass is 32.2. The number of aryl methyl sites for hydroxylation is 1. The van der Waals surface area contributed by atoms with E-state index in [0.29, 0.717) is 29.4 Å². The van der Waals surface area contributed by atoms with E-state index < -0.39 is 10.0 Å². The Labute approximate surface area is 130 Å². The van der Waals surface area contributed by atoms with Gasteiger partial charge in [-0.1, -0.05) is 6.92 Å². The maximum Gasteiger partial charge on any atom is 0.247 e. The van der Waals surface area contributed by atoms with Crippen LogP contribution in [0.15, 0.2) is 4.90 Å². The zero-order valence-corrected chi connectivity index (χ0v) is 14.5.